The number of allylic oxidation sites excluding steroid dienone is 6. The topological polar surface area (TPSA) is 46.2 Å². The van der Waals surface area contributed by atoms with Crippen LogP contribution in [-0.4, -0.2) is 0 Å². The third-order valence-corrected chi connectivity index (χ3v) is 2.10. The number of para-hydroxylation sites is 1. The number of rotatable bonds is 0. The highest BCUT2D eigenvalue weighted by Gasteiger charge is 2.01. The van der Waals surface area contributed by atoms with E-state index in [-0.39, 0.29) is 0 Å². The monoisotopic (exact) mass is 260 g/mol. The molecule has 1 aliphatic rings. The summed E-state index contributed by atoms with van der Waals surface area (Å²) >= 11 is 0. The third kappa shape index (κ3) is 4.81. The molecule has 2 rings (SSSR count). The Morgan fingerprint density at radius 1 is 0.684 bits per heavy atom. The summed E-state index contributed by atoms with van der Waals surface area (Å²) in [6, 6.07) is 7.29. The van der Waals surface area contributed by atoms with Crippen molar-refractivity contribution in [2.75, 3.05) is 0 Å². The van der Waals surface area contributed by atoms with Gasteiger partial charge in [0.1, 0.15) is 6.26 Å². The van der Waals surface area contributed by atoms with E-state index >= 15 is 0 Å². The summed E-state index contributed by atoms with van der Waals surface area (Å²) < 4.78 is 0. The Hall–Kier alpha value is -2.34. The van der Waals surface area contributed by atoms with Crippen LogP contribution in [0, 0.1) is 0 Å². The average molecular weight is 260 g/mol. The molecule has 98 valence electrons. The van der Waals surface area contributed by atoms with Gasteiger partial charge in [0.15, 0.2) is 5.75 Å². The quantitative estimate of drug-likeness (QED) is 0.668. The van der Waals surface area contributed by atoms with E-state index in [2.05, 4.69) is 20.0 Å². The molecule has 0 aliphatic carbocycles. The summed E-state index contributed by atoms with van der Waals surface area (Å²) in [7, 11) is 0. The molecule has 19 heavy (non-hydrogen) atoms. The second-order valence-electron chi connectivity index (χ2n) is 3.38. The molecular weight excluding hydrogens is 248 g/mol. The van der Waals surface area contributed by atoms with Crippen molar-refractivity contribution in [1.29, 1.82) is 0 Å². The van der Waals surface area contributed by atoms with Crippen molar-refractivity contribution in [3.63, 3.8) is 0 Å². The molecule has 0 saturated heterocycles. The molecule has 5 heteroatoms. The zero-order chi connectivity index (χ0) is 13.2. The summed E-state index contributed by atoms with van der Waals surface area (Å²) in [6.07, 6.45) is 14.0. The number of hydrogen-bond acceptors (Lipinski definition) is 5. The van der Waals surface area contributed by atoms with Gasteiger partial charge in [-0.05, 0) is 12.1 Å². The van der Waals surface area contributed by atoms with Crippen molar-refractivity contribution in [1.82, 2.24) is 0 Å². The molecule has 0 N–H and O–H groups in total. The van der Waals surface area contributed by atoms with Crippen LogP contribution in [0.4, 0.5) is 0 Å². The fourth-order valence-corrected chi connectivity index (χ4v) is 1.29. The highest BCUT2D eigenvalue weighted by molar-refractivity contribution is 5.58. The standard InChI is InChI=1S/C14H12O5/c1-2-4-8-12-15-17-19-18-16-14-11-7-6-10-13(14)9-5-3-1/h1-12H/b3-1-,4-2-,9-5-,12-8-. The minimum atomic E-state index is 0.483. The van der Waals surface area contributed by atoms with Crippen LogP contribution in [0.3, 0.4) is 0 Å². The molecule has 1 aromatic carbocycles. The molecule has 0 unspecified atom stereocenters. The Bertz CT molecular complexity index is 502. The van der Waals surface area contributed by atoms with Crippen LogP contribution in [0.5, 0.6) is 5.75 Å². The van der Waals surface area contributed by atoms with Gasteiger partial charge >= 0.3 is 0 Å². The lowest BCUT2D eigenvalue weighted by Crippen LogP contribution is -2.00. The fourth-order valence-electron chi connectivity index (χ4n) is 1.29. The largest absolute Gasteiger partial charge is 0.314 e. The van der Waals surface area contributed by atoms with Gasteiger partial charge in [-0.25, -0.2) is 0 Å². The van der Waals surface area contributed by atoms with Crippen LogP contribution in [0.2, 0.25) is 0 Å². The van der Waals surface area contributed by atoms with Crippen molar-refractivity contribution in [3.8, 4) is 5.75 Å². The molecule has 1 heterocycles. The SMILES string of the molecule is C1=C\C=C/OOOOOc2ccccc2/C=C\C=C/1. The van der Waals surface area contributed by atoms with Crippen LogP contribution in [0.25, 0.3) is 6.08 Å². The van der Waals surface area contributed by atoms with Gasteiger partial charge in [-0.2, -0.15) is 0 Å². The Morgan fingerprint density at radius 3 is 2.42 bits per heavy atom. The average Bonchev–Trinajstić information content (AvgIpc) is 2.45. The van der Waals surface area contributed by atoms with Crippen LogP contribution < -0.4 is 4.89 Å². The lowest BCUT2D eigenvalue weighted by molar-refractivity contribution is -0.682. The van der Waals surface area contributed by atoms with Gasteiger partial charge in [-0.1, -0.05) is 54.7 Å². The molecular formula is C14H12O5. The Morgan fingerprint density at radius 2 is 1.47 bits per heavy atom. The molecule has 1 aliphatic heterocycles. The van der Waals surface area contributed by atoms with E-state index in [1.165, 1.54) is 6.26 Å². The van der Waals surface area contributed by atoms with Crippen molar-refractivity contribution in [3.05, 3.63) is 72.5 Å². The third-order valence-electron chi connectivity index (χ3n) is 2.10. The number of benzene rings is 1. The molecule has 0 fully saturated rings. The minimum absolute atomic E-state index is 0.483. The molecule has 1 aromatic rings. The van der Waals surface area contributed by atoms with Crippen LogP contribution in [0.15, 0.2) is 67.0 Å². The van der Waals surface area contributed by atoms with Gasteiger partial charge in [-0.3, -0.25) is 0 Å². The summed E-state index contributed by atoms with van der Waals surface area (Å²) in [4.78, 5) is 9.42. The van der Waals surface area contributed by atoms with Gasteiger partial charge < -0.3 is 9.78 Å². The Kier molecular flexibility index (Phi) is 5.44. The highest BCUT2D eigenvalue weighted by Crippen LogP contribution is 2.19. The number of hydrogen-bond donors (Lipinski definition) is 0. The zero-order valence-electron chi connectivity index (χ0n) is 9.97. The van der Waals surface area contributed by atoms with E-state index in [1.54, 1.807) is 18.2 Å². The molecule has 5 nitrogen and oxygen atoms in total. The highest BCUT2D eigenvalue weighted by atomic mass is 17.8. The van der Waals surface area contributed by atoms with Crippen LogP contribution in [-0.2, 0) is 20.0 Å². The smallest absolute Gasteiger partial charge is 0.176 e. The van der Waals surface area contributed by atoms with Crippen molar-refractivity contribution in [2.45, 2.75) is 0 Å². The van der Waals surface area contributed by atoms with E-state index in [0.717, 1.165) is 5.56 Å². The second-order valence-corrected chi connectivity index (χ2v) is 3.38. The maximum absolute atomic E-state index is 4.92. The first kappa shape index (κ1) is 13.1. The molecule has 0 atom stereocenters. The Balaban J connectivity index is 2.12. The van der Waals surface area contributed by atoms with Crippen molar-refractivity contribution < 1.29 is 24.9 Å². The van der Waals surface area contributed by atoms with Gasteiger partial charge in [0.25, 0.3) is 0 Å². The minimum Gasteiger partial charge on any atom is -0.314 e. The first-order valence-corrected chi connectivity index (χ1v) is 5.56. The summed E-state index contributed by atoms with van der Waals surface area (Å²) in [5.41, 5.74) is 0.827. The molecule has 0 saturated carbocycles. The molecule has 0 bridgehead atoms. The molecule has 0 amide bonds. The van der Waals surface area contributed by atoms with Gasteiger partial charge in [0.05, 0.1) is 0 Å². The summed E-state index contributed by atoms with van der Waals surface area (Å²) in [6.45, 7) is 0. The normalized spacial score (nSPS) is 22.5. The molecule has 0 spiro atoms. The number of fused-ring (bicyclic) bond motifs is 1. The summed E-state index contributed by atoms with van der Waals surface area (Å²) in [5.74, 6) is 0.483. The Labute approximate surface area is 110 Å². The van der Waals surface area contributed by atoms with E-state index in [4.69, 9.17) is 4.89 Å². The maximum Gasteiger partial charge on any atom is 0.176 e. The lowest BCUT2D eigenvalue weighted by Gasteiger charge is -2.04. The van der Waals surface area contributed by atoms with Crippen molar-refractivity contribution in [2.24, 2.45) is 0 Å². The predicted molar refractivity (Wildman–Crippen MR) is 67.9 cm³/mol. The van der Waals surface area contributed by atoms with E-state index < -0.39 is 0 Å². The first-order valence-electron chi connectivity index (χ1n) is 5.56. The first-order chi connectivity index (χ1) is 9.47. The van der Waals surface area contributed by atoms with Gasteiger partial charge in [-0.15, -0.1) is 0 Å². The van der Waals surface area contributed by atoms with Gasteiger partial charge in [0.2, 0.25) is 0 Å². The fraction of sp³-hybridized carbons (Fsp3) is 0. The van der Waals surface area contributed by atoms with E-state index in [0.29, 0.717) is 5.75 Å². The maximum atomic E-state index is 4.92. The van der Waals surface area contributed by atoms with Crippen LogP contribution >= 0.6 is 0 Å². The zero-order valence-corrected chi connectivity index (χ0v) is 9.97. The molecule has 0 aromatic heterocycles. The predicted octanol–water partition coefficient (Wildman–Crippen LogP) is 3.44. The molecule has 0 radical (unpaired) electrons. The van der Waals surface area contributed by atoms with Gasteiger partial charge in [0, 0.05) is 20.7 Å². The van der Waals surface area contributed by atoms with E-state index in [9.17, 15) is 0 Å². The summed E-state index contributed by atoms with van der Waals surface area (Å²) in [5, 5.41) is 12.8. The van der Waals surface area contributed by atoms with E-state index in [1.807, 2.05) is 48.6 Å². The second kappa shape index (κ2) is 7.88. The van der Waals surface area contributed by atoms with Crippen molar-refractivity contribution >= 4 is 6.08 Å². The van der Waals surface area contributed by atoms with Crippen LogP contribution in [0.1, 0.15) is 5.56 Å². The lowest BCUT2D eigenvalue weighted by atomic mass is 10.2.